The highest BCUT2D eigenvalue weighted by atomic mass is 16.4. The maximum Gasteiger partial charge on any atom is 0.322 e. The summed E-state index contributed by atoms with van der Waals surface area (Å²) >= 11 is 0. The topological polar surface area (TPSA) is 82.8 Å². The first-order valence-corrected chi connectivity index (χ1v) is 6.56. The maximum atomic E-state index is 12.3. The molecule has 0 bridgehead atoms. The fourth-order valence-electron chi connectivity index (χ4n) is 2.48. The highest BCUT2D eigenvalue weighted by molar-refractivity contribution is 5.97. The number of amides is 2. The Morgan fingerprint density at radius 3 is 2.81 bits per heavy atom. The first kappa shape index (κ1) is 13.2. The number of furan rings is 1. The molecular formula is C15H14N2O4. The van der Waals surface area contributed by atoms with E-state index >= 15 is 0 Å². The molecule has 3 rings (SSSR count). The second kappa shape index (κ2) is 5.32. The Morgan fingerprint density at radius 2 is 2.10 bits per heavy atom. The number of carboxylic acid groups (broad SMARTS) is 1. The molecule has 2 heterocycles. The fraction of sp³-hybridized carbons (Fsp3) is 0.200. The van der Waals surface area contributed by atoms with Crippen LogP contribution in [0.1, 0.15) is 17.2 Å². The monoisotopic (exact) mass is 286 g/mol. The number of carbonyl (C=O) groups excluding carboxylic acids is 1. The van der Waals surface area contributed by atoms with E-state index in [9.17, 15) is 14.7 Å². The van der Waals surface area contributed by atoms with Crippen LogP contribution in [0.15, 0.2) is 47.1 Å². The summed E-state index contributed by atoms with van der Waals surface area (Å²) in [5, 5.41) is 12.0. The van der Waals surface area contributed by atoms with E-state index in [0.717, 1.165) is 0 Å². The Labute approximate surface area is 121 Å². The summed E-state index contributed by atoms with van der Waals surface area (Å²) in [6, 6.07) is 10.2. The van der Waals surface area contributed by atoms with Gasteiger partial charge >= 0.3 is 12.0 Å². The van der Waals surface area contributed by atoms with Crippen molar-refractivity contribution in [2.24, 2.45) is 0 Å². The van der Waals surface area contributed by atoms with Crippen molar-refractivity contribution in [3.8, 4) is 0 Å². The Hall–Kier alpha value is -2.76. The quantitative estimate of drug-likeness (QED) is 0.906. The molecule has 2 aromatic rings. The van der Waals surface area contributed by atoms with Crippen molar-refractivity contribution in [1.29, 1.82) is 0 Å². The van der Waals surface area contributed by atoms with Crippen LogP contribution in [0.3, 0.4) is 0 Å². The molecule has 1 aromatic heterocycles. The second-order valence-electron chi connectivity index (χ2n) is 4.80. The fourth-order valence-corrected chi connectivity index (χ4v) is 2.48. The van der Waals surface area contributed by atoms with Crippen molar-refractivity contribution in [1.82, 2.24) is 5.32 Å². The minimum atomic E-state index is -0.927. The van der Waals surface area contributed by atoms with Crippen molar-refractivity contribution >= 4 is 17.7 Å². The van der Waals surface area contributed by atoms with E-state index in [-0.39, 0.29) is 19.1 Å². The van der Waals surface area contributed by atoms with Crippen LogP contribution in [0.5, 0.6) is 0 Å². The largest absolute Gasteiger partial charge is 0.481 e. The molecule has 0 saturated heterocycles. The molecule has 0 fully saturated rings. The molecule has 0 saturated carbocycles. The molecule has 0 radical (unpaired) electrons. The number of carboxylic acids is 1. The van der Waals surface area contributed by atoms with Gasteiger partial charge in [0.1, 0.15) is 11.7 Å². The van der Waals surface area contributed by atoms with Crippen molar-refractivity contribution in [3.05, 3.63) is 54.0 Å². The van der Waals surface area contributed by atoms with Crippen molar-refractivity contribution in [2.75, 3.05) is 11.4 Å². The van der Waals surface area contributed by atoms with Gasteiger partial charge in [-0.3, -0.25) is 9.69 Å². The zero-order valence-electron chi connectivity index (χ0n) is 11.2. The molecule has 6 nitrogen and oxygen atoms in total. The number of hydrogen-bond donors (Lipinski definition) is 2. The summed E-state index contributed by atoms with van der Waals surface area (Å²) in [4.78, 5) is 25.0. The third-order valence-electron chi connectivity index (χ3n) is 3.51. The van der Waals surface area contributed by atoms with Gasteiger partial charge in [0.15, 0.2) is 0 Å². The number of hydrogen-bond acceptors (Lipinski definition) is 3. The highest BCUT2D eigenvalue weighted by Gasteiger charge is 2.36. The Balaban J connectivity index is 1.76. The number of benzene rings is 1. The van der Waals surface area contributed by atoms with E-state index in [4.69, 9.17) is 4.42 Å². The molecule has 0 aliphatic carbocycles. The Kier molecular flexibility index (Phi) is 3.35. The highest BCUT2D eigenvalue weighted by Crippen LogP contribution is 2.36. The average molecular weight is 286 g/mol. The Bertz CT molecular complexity index is 666. The van der Waals surface area contributed by atoms with E-state index in [1.807, 2.05) is 0 Å². The molecule has 2 amide bonds. The number of carbonyl (C=O) groups is 2. The average Bonchev–Trinajstić information content (AvgIpc) is 3.12. The lowest BCUT2D eigenvalue weighted by atomic mass is 10.0. The van der Waals surface area contributed by atoms with Crippen LogP contribution in [-0.4, -0.2) is 23.7 Å². The predicted molar refractivity (Wildman–Crippen MR) is 75.1 cm³/mol. The minimum Gasteiger partial charge on any atom is -0.481 e. The smallest absolute Gasteiger partial charge is 0.322 e. The predicted octanol–water partition coefficient (Wildman–Crippen LogP) is 2.18. The van der Waals surface area contributed by atoms with Gasteiger partial charge in [-0.25, -0.2) is 4.79 Å². The summed E-state index contributed by atoms with van der Waals surface area (Å²) in [5.74, 6) is -0.968. The summed E-state index contributed by atoms with van der Waals surface area (Å²) in [6.45, 7) is 0.404. The number of fused-ring (bicyclic) bond motifs is 1. The molecule has 1 aliphatic rings. The van der Waals surface area contributed by atoms with Gasteiger partial charge in [-0.1, -0.05) is 18.2 Å². The van der Waals surface area contributed by atoms with Gasteiger partial charge in [-0.15, -0.1) is 0 Å². The van der Waals surface area contributed by atoms with Gasteiger partial charge in [-0.2, -0.15) is 0 Å². The van der Waals surface area contributed by atoms with Gasteiger partial charge in [0, 0.05) is 12.2 Å². The van der Waals surface area contributed by atoms with Gasteiger partial charge < -0.3 is 14.8 Å². The van der Waals surface area contributed by atoms with Gasteiger partial charge in [0.05, 0.1) is 12.8 Å². The normalized spacial score (nSPS) is 16.6. The zero-order valence-corrected chi connectivity index (χ0v) is 11.2. The van der Waals surface area contributed by atoms with E-state index in [0.29, 0.717) is 17.0 Å². The molecule has 1 atom stereocenters. The van der Waals surface area contributed by atoms with E-state index < -0.39 is 11.9 Å². The van der Waals surface area contributed by atoms with Gasteiger partial charge in [0.25, 0.3) is 0 Å². The first-order chi connectivity index (χ1) is 10.2. The van der Waals surface area contributed by atoms with Crippen LogP contribution in [0.25, 0.3) is 0 Å². The molecule has 1 unspecified atom stereocenters. The molecule has 1 aromatic carbocycles. The second-order valence-corrected chi connectivity index (χ2v) is 4.80. The summed E-state index contributed by atoms with van der Waals surface area (Å²) in [6.07, 6.45) is 1.53. The standard InChI is InChI=1S/C15H14N2O4/c18-14(19)12-9-17(13-6-2-1-5-11(12)13)15(20)16-8-10-4-3-7-21-10/h1-7,12H,8-9H2,(H,16,20)(H,18,19). The molecular weight excluding hydrogens is 272 g/mol. The first-order valence-electron chi connectivity index (χ1n) is 6.56. The molecule has 0 spiro atoms. The summed E-state index contributed by atoms with van der Waals surface area (Å²) in [5.41, 5.74) is 1.31. The number of nitrogens with one attached hydrogen (secondary N) is 1. The Morgan fingerprint density at radius 1 is 1.29 bits per heavy atom. The zero-order chi connectivity index (χ0) is 14.8. The number of anilines is 1. The summed E-state index contributed by atoms with van der Waals surface area (Å²) < 4.78 is 5.15. The molecule has 108 valence electrons. The third kappa shape index (κ3) is 2.47. The number of para-hydroxylation sites is 1. The van der Waals surface area contributed by atoms with Crippen LogP contribution >= 0.6 is 0 Å². The number of urea groups is 1. The van der Waals surface area contributed by atoms with Crippen LogP contribution in [0.4, 0.5) is 10.5 Å². The van der Waals surface area contributed by atoms with Gasteiger partial charge in [-0.05, 0) is 23.8 Å². The number of rotatable bonds is 3. The number of aliphatic carboxylic acids is 1. The van der Waals surface area contributed by atoms with E-state index in [1.165, 1.54) is 11.2 Å². The van der Waals surface area contributed by atoms with E-state index in [2.05, 4.69) is 5.32 Å². The lowest BCUT2D eigenvalue weighted by molar-refractivity contribution is -0.138. The van der Waals surface area contributed by atoms with Crippen LogP contribution in [-0.2, 0) is 11.3 Å². The molecule has 6 heteroatoms. The van der Waals surface area contributed by atoms with Crippen LogP contribution in [0, 0.1) is 0 Å². The SMILES string of the molecule is O=C(O)C1CN(C(=O)NCc2ccco2)c2ccccc21. The summed E-state index contributed by atoms with van der Waals surface area (Å²) in [7, 11) is 0. The molecule has 21 heavy (non-hydrogen) atoms. The minimum absolute atomic E-state index is 0.138. The van der Waals surface area contributed by atoms with Crippen molar-refractivity contribution < 1.29 is 19.1 Å². The van der Waals surface area contributed by atoms with E-state index in [1.54, 1.807) is 36.4 Å². The maximum absolute atomic E-state index is 12.3. The number of nitrogens with zero attached hydrogens (tertiary/aromatic N) is 1. The third-order valence-corrected chi connectivity index (χ3v) is 3.51. The lowest BCUT2D eigenvalue weighted by Gasteiger charge is -2.17. The molecule has 2 N–H and O–H groups in total. The van der Waals surface area contributed by atoms with Gasteiger partial charge in [0.2, 0.25) is 0 Å². The van der Waals surface area contributed by atoms with Crippen LogP contribution < -0.4 is 10.2 Å². The van der Waals surface area contributed by atoms with Crippen LogP contribution in [0.2, 0.25) is 0 Å². The van der Waals surface area contributed by atoms with Crippen molar-refractivity contribution in [3.63, 3.8) is 0 Å². The lowest BCUT2D eigenvalue weighted by Crippen LogP contribution is -2.39. The molecule has 1 aliphatic heterocycles. The van der Waals surface area contributed by atoms with Crippen molar-refractivity contribution in [2.45, 2.75) is 12.5 Å².